The molecule has 0 radical (unpaired) electrons. The van der Waals surface area contributed by atoms with E-state index in [1.165, 1.54) is 0 Å². The van der Waals surface area contributed by atoms with Crippen LogP contribution in [0.3, 0.4) is 0 Å². The van der Waals surface area contributed by atoms with Crippen molar-refractivity contribution in [1.82, 2.24) is 5.43 Å². The zero-order valence-electron chi connectivity index (χ0n) is 10.5. The lowest BCUT2D eigenvalue weighted by Gasteiger charge is -1.99. The van der Waals surface area contributed by atoms with Crippen molar-refractivity contribution in [2.75, 3.05) is 5.73 Å². The quantitative estimate of drug-likeness (QED) is 0.261. The monoisotopic (exact) mass is 277 g/mol. The Morgan fingerprint density at radius 1 is 1.37 bits per heavy atom. The average Bonchev–Trinajstić information content (AvgIpc) is 2.78. The normalized spacial score (nSPS) is 10.4. The maximum atomic E-state index is 11.4. The number of furan rings is 1. The molecule has 0 saturated carbocycles. The van der Waals surface area contributed by atoms with Crippen LogP contribution in [0.2, 0.25) is 0 Å². The summed E-state index contributed by atoms with van der Waals surface area (Å²) in [6.07, 6.45) is 0. The van der Waals surface area contributed by atoms with E-state index in [2.05, 4.69) is 5.43 Å². The van der Waals surface area contributed by atoms with Gasteiger partial charge >= 0.3 is 0 Å². The number of nitrogens with two attached hydrogens (primary N) is 2. The Hall–Kier alpha value is -1.92. The number of aryl methyl sites for hydroxylation is 1. The van der Waals surface area contributed by atoms with E-state index in [1.54, 1.807) is 24.8 Å². The fraction of sp³-hybridized carbons (Fsp3) is 0.154. The molecule has 0 aliphatic rings. The summed E-state index contributed by atoms with van der Waals surface area (Å²) in [5.74, 6) is 6.70. The molecule has 1 amide bonds. The highest BCUT2D eigenvalue weighted by molar-refractivity contribution is 7.98. The van der Waals surface area contributed by atoms with Crippen LogP contribution in [-0.2, 0) is 5.75 Å². The highest BCUT2D eigenvalue weighted by Crippen LogP contribution is 2.25. The van der Waals surface area contributed by atoms with Crippen molar-refractivity contribution in [1.29, 1.82) is 0 Å². The number of anilines is 1. The number of thioether (sulfide) groups is 1. The van der Waals surface area contributed by atoms with Crippen molar-refractivity contribution in [2.24, 2.45) is 5.84 Å². The number of carbonyl (C=O) groups excluding carboxylic acids is 1. The van der Waals surface area contributed by atoms with Crippen LogP contribution in [0, 0.1) is 6.92 Å². The topological polar surface area (TPSA) is 94.3 Å². The highest BCUT2D eigenvalue weighted by Gasteiger charge is 2.13. The summed E-state index contributed by atoms with van der Waals surface area (Å²) in [5, 5.41) is 0. The minimum Gasteiger partial charge on any atom is -0.465 e. The summed E-state index contributed by atoms with van der Waals surface area (Å²) >= 11 is 1.61. The molecule has 2 aromatic rings. The van der Waals surface area contributed by atoms with Crippen LogP contribution in [-0.4, -0.2) is 5.91 Å². The first kappa shape index (κ1) is 13.5. The van der Waals surface area contributed by atoms with Crippen LogP contribution in [0.1, 0.15) is 21.9 Å². The van der Waals surface area contributed by atoms with Gasteiger partial charge in [-0.25, -0.2) is 5.84 Å². The molecule has 0 aliphatic heterocycles. The van der Waals surface area contributed by atoms with Crippen molar-refractivity contribution < 1.29 is 9.21 Å². The fourth-order valence-electron chi connectivity index (χ4n) is 1.64. The molecule has 0 unspecified atom stereocenters. The number of benzene rings is 1. The zero-order chi connectivity index (χ0) is 13.8. The Bertz CT molecular complexity index is 578. The van der Waals surface area contributed by atoms with Crippen LogP contribution in [0.4, 0.5) is 5.69 Å². The maximum Gasteiger partial charge on any atom is 0.268 e. The summed E-state index contributed by atoms with van der Waals surface area (Å²) in [6, 6.07) is 9.31. The Morgan fingerprint density at radius 2 is 2.05 bits per heavy atom. The second-order valence-electron chi connectivity index (χ2n) is 4.01. The lowest BCUT2D eigenvalue weighted by Crippen LogP contribution is -2.30. The van der Waals surface area contributed by atoms with Gasteiger partial charge in [0, 0.05) is 10.6 Å². The second kappa shape index (κ2) is 5.81. The number of amides is 1. The van der Waals surface area contributed by atoms with Gasteiger partial charge in [-0.05, 0) is 37.3 Å². The van der Waals surface area contributed by atoms with Crippen molar-refractivity contribution >= 4 is 23.4 Å². The average molecular weight is 277 g/mol. The van der Waals surface area contributed by atoms with E-state index >= 15 is 0 Å². The largest absolute Gasteiger partial charge is 0.465 e. The van der Waals surface area contributed by atoms with Gasteiger partial charge in [0.15, 0.2) is 0 Å². The van der Waals surface area contributed by atoms with Crippen molar-refractivity contribution in [2.45, 2.75) is 17.6 Å². The first-order valence-corrected chi connectivity index (χ1v) is 6.67. The molecule has 0 saturated heterocycles. The van der Waals surface area contributed by atoms with Gasteiger partial charge in [0.05, 0.1) is 11.3 Å². The molecule has 5 N–H and O–H groups in total. The van der Waals surface area contributed by atoms with Crippen LogP contribution >= 0.6 is 11.8 Å². The third-order valence-electron chi connectivity index (χ3n) is 2.61. The molecule has 19 heavy (non-hydrogen) atoms. The molecule has 0 atom stereocenters. The third kappa shape index (κ3) is 3.30. The molecule has 0 spiro atoms. The first-order valence-electron chi connectivity index (χ1n) is 5.68. The molecule has 1 aromatic heterocycles. The predicted molar refractivity (Wildman–Crippen MR) is 75.5 cm³/mol. The Kier molecular flexibility index (Phi) is 4.13. The van der Waals surface area contributed by atoms with Gasteiger partial charge in [0.2, 0.25) is 0 Å². The van der Waals surface area contributed by atoms with Crippen molar-refractivity contribution in [3.63, 3.8) is 0 Å². The molecule has 1 heterocycles. The van der Waals surface area contributed by atoms with Gasteiger partial charge in [0.1, 0.15) is 11.5 Å². The van der Waals surface area contributed by atoms with E-state index in [4.69, 9.17) is 16.0 Å². The molecular weight excluding hydrogens is 262 g/mol. The van der Waals surface area contributed by atoms with Gasteiger partial charge in [-0.3, -0.25) is 10.2 Å². The fourth-order valence-corrected chi connectivity index (χ4v) is 2.42. The molecule has 2 rings (SSSR count). The number of nitrogen functional groups attached to an aromatic ring is 2. The Balaban J connectivity index is 2.04. The van der Waals surface area contributed by atoms with Crippen LogP contribution in [0.5, 0.6) is 0 Å². The molecule has 5 nitrogen and oxygen atoms in total. The minimum absolute atomic E-state index is 0.343. The lowest BCUT2D eigenvalue weighted by atomic mass is 10.2. The number of nitrogens with one attached hydrogen (secondary N) is 1. The summed E-state index contributed by atoms with van der Waals surface area (Å²) in [7, 11) is 0. The number of carbonyl (C=O) groups is 1. The zero-order valence-corrected chi connectivity index (χ0v) is 11.3. The van der Waals surface area contributed by atoms with Gasteiger partial charge in [-0.15, -0.1) is 11.8 Å². The predicted octanol–water partition coefficient (Wildman–Crippen LogP) is 2.07. The van der Waals surface area contributed by atoms with E-state index in [1.807, 2.05) is 24.3 Å². The van der Waals surface area contributed by atoms with E-state index in [0.717, 1.165) is 16.3 Å². The van der Waals surface area contributed by atoms with Gasteiger partial charge in [0.25, 0.3) is 5.91 Å². The first-order chi connectivity index (χ1) is 9.10. The summed E-state index contributed by atoms with van der Waals surface area (Å²) in [5.41, 5.74) is 8.92. The molecule has 1 aromatic carbocycles. The summed E-state index contributed by atoms with van der Waals surface area (Å²) in [6.45, 7) is 1.74. The van der Waals surface area contributed by atoms with E-state index in [0.29, 0.717) is 17.1 Å². The van der Waals surface area contributed by atoms with Crippen LogP contribution < -0.4 is 17.0 Å². The van der Waals surface area contributed by atoms with E-state index < -0.39 is 0 Å². The summed E-state index contributed by atoms with van der Waals surface area (Å²) in [4.78, 5) is 12.5. The molecule has 0 aliphatic carbocycles. The Labute approximate surface area is 115 Å². The summed E-state index contributed by atoms with van der Waals surface area (Å²) < 4.78 is 5.52. The molecule has 6 heteroatoms. The highest BCUT2D eigenvalue weighted by atomic mass is 32.2. The Morgan fingerprint density at radius 3 is 2.68 bits per heavy atom. The molecule has 100 valence electrons. The second-order valence-corrected chi connectivity index (χ2v) is 5.06. The smallest absolute Gasteiger partial charge is 0.268 e. The van der Waals surface area contributed by atoms with Crippen LogP contribution in [0.25, 0.3) is 0 Å². The number of hydrogen-bond acceptors (Lipinski definition) is 5. The third-order valence-corrected chi connectivity index (χ3v) is 3.64. The van der Waals surface area contributed by atoms with Crippen molar-refractivity contribution in [3.05, 3.63) is 47.4 Å². The number of hydrogen-bond donors (Lipinski definition) is 3. The lowest BCUT2D eigenvalue weighted by molar-refractivity contribution is 0.0952. The van der Waals surface area contributed by atoms with Gasteiger partial charge < -0.3 is 10.2 Å². The number of hydrazine groups is 1. The minimum atomic E-state index is -0.343. The molecular formula is C13H15N3O2S. The van der Waals surface area contributed by atoms with E-state index in [9.17, 15) is 4.79 Å². The van der Waals surface area contributed by atoms with Crippen LogP contribution in [0.15, 0.2) is 39.6 Å². The van der Waals surface area contributed by atoms with Gasteiger partial charge in [-0.1, -0.05) is 0 Å². The molecule has 0 fully saturated rings. The molecule has 0 bridgehead atoms. The van der Waals surface area contributed by atoms with E-state index in [-0.39, 0.29) is 5.91 Å². The standard InChI is InChI=1S/C13H15N3O2S/c1-8-12(13(17)16-15)6-10(18-8)7-19-11-4-2-9(14)3-5-11/h2-6H,7,14-15H2,1H3,(H,16,17). The SMILES string of the molecule is Cc1oc(CSc2ccc(N)cc2)cc1C(=O)NN. The maximum absolute atomic E-state index is 11.4. The van der Waals surface area contributed by atoms with Crippen molar-refractivity contribution in [3.8, 4) is 0 Å². The number of rotatable bonds is 4. The van der Waals surface area contributed by atoms with Gasteiger partial charge in [-0.2, -0.15) is 0 Å².